The summed E-state index contributed by atoms with van der Waals surface area (Å²) >= 11 is 1.92. The van der Waals surface area contributed by atoms with Crippen LogP contribution in [0, 0.1) is 0 Å². The molecule has 1 aromatic heterocycles. The fourth-order valence-corrected chi connectivity index (χ4v) is 2.90. The summed E-state index contributed by atoms with van der Waals surface area (Å²) in [5, 5.41) is 0. The van der Waals surface area contributed by atoms with Crippen molar-refractivity contribution in [2.75, 3.05) is 11.2 Å². The van der Waals surface area contributed by atoms with Gasteiger partial charge in [0.05, 0.1) is 4.75 Å². The number of anilines is 1. The summed E-state index contributed by atoms with van der Waals surface area (Å²) in [7, 11) is 0. The molecule has 1 aliphatic rings. The molecule has 0 saturated carbocycles. The van der Waals surface area contributed by atoms with Crippen LogP contribution >= 0.6 is 11.8 Å². The maximum absolute atomic E-state index is 5.31. The highest BCUT2D eigenvalue weighted by molar-refractivity contribution is 8.00. The van der Waals surface area contributed by atoms with Crippen molar-refractivity contribution in [1.29, 1.82) is 0 Å². The van der Waals surface area contributed by atoms with Crippen LogP contribution in [0.25, 0.3) is 0 Å². The summed E-state index contributed by atoms with van der Waals surface area (Å²) in [6.45, 7) is 2.19. The van der Waals surface area contributed by atoms with E-state index in [4.69, 9.17) is 5.84 Å². The van der Waals surface area contributed by atoms with E-state index >= 15 is 0 Å². The smallest absolute Gasteiger partial charge is 0.146 e. The second kappa shape index (κ2) is 3.74. The van der Waals surface area contributed by atoms with Crippen LogP contribution < -0.4 is 11.3 Å². The minimum Gasteiger partial charge on any atom is -0.308 e. The molecule has 76 valence electrons. The van der Waals surface area contributed by atoms with E-state index < -0.39 is 0 Å². The third kappa shape index (κ3) is 1.69. The molecule has 1 saturated heterocycles. The third-order valence-corrected chi connectivity index (χ3v) is 4.01. The molecule has 1 aliphatic heterocycles. The number of nitrogens with zero attached hydrogens (tertiary/aromatic N) is 2. The zero-order valence-corrected chi connectivity index (χ0v) is 8.97. The van der Waals surface area contributed by atoms with Crippen molar-refractivity contribution in [3.63, 3.8) is 0 Å². The van der Waals surface area contributed by atoms with Gasteiger partial charge in [-0.1, -0.05) is 0 Å². The molecular weight excluding hydrogens is 196 g/mol. The van der Waals surface area contributed by atoms with Gasteiger partial charge in [-0.15, -0.1) is 11.8 Å². The first-order valence-corrected chi connectivity index (χ1v) is 5.67. The second-order valence-corrected chi connectivity index (χ2v) is 5.19. The van der Waals surface area contributed by atoms with Crippen LogP contribution in [0.1, 0.15) is 25.6 Å². The van der Waals surface area contributed by atoms with E-state index in [1.54, 1.807) is 12.3 Å². The van der Waals surface area contributed by atoms with Crippen LogP contribution in [0.4, 0.5) is 5.82 Å². The molecule has 0 spiro atoms. The minimum atomic E-state index is 0.0763. The summed E-state index contributed by atoms with van der Waals surface area (Å²) in [5.41, 5.74) is 2.55. The van der Waals surface area contributed by atoms with E-state index in [0.717, 1.165) is 12.2 Å². The summed E-state index contributed by atoms with van der Waals surface area (Å²) < 4.78 is 0.0763. The average Bonchev–Trinajstić information content (AvgIpc) is 2.67. The molecule has 1 fully saturated rings. The van der Waals surface area contributed by atoms with Crippen molar-refractivity contribution in [2.45, 2.75) is 24.5 Å². The Hall–Kier alpha value is -0.810. The Balaban J connectivity index is 2.30. The van der Waals surface area contributed by atoms with E-state index in [1.807, 2.05) is 11.8 Å². The maximum atomic E-state index is 5.31. The first-order valence-electron chi connectivity index (χ1n) is 4.69. The fraction of sp³-hybridized carbons (Fsp3) is 0.556. The Morgan fingerprint density at radius 2 is 2.50 bits per heavy atom. The highest BCUT2D eigenvalue weighted by Gasteiger charge is 2.34. The summed E-state index contributed by atoms with van der Waals surface area (Å²) in [6, 6.07) is 1.77. The lowest BCUT2D eigenvalue weighted by atomic mass is 10.1. The average molecular weight is 210 g/mol. The third-order valence-electron chi connectivity index (χ3n) is 2.50. The van der Waals surface area contributed by atoms with Crippen molar-refractivity contribution < 1.29 is 0 Å². The van der Waals surface area contributed by atoms with Gasteiger partial charge < -0.3 is 5.43 Å². The number of thioether (sulfide) groups is 1. The first-order chi connectivity index (χ1) is 6.74. The largest absolute Gasteiger partial charge is 0.308 e. The molecule has 5 heteroatoms. The lowest BCUT2D eigenvalue weighted by Crippen LogP contribution is -2.19. The predicted octanol–water partition coefficient (Wildman–Crippen LogP) is 1.50. The van der Waals surface area contributed by atoms with Gasteiger partial charge in [-0.05, 0) is 25.5 Å². The van der Waals surface area contributed by atoms with Crippen molar-refractivity contribution >= 4 is 17.6 Å². The summed E-state index contributed by atoms with van der Waals surface area (Å²) in [4.78, 5) is 8.69. The molecule has 1 aromatic rings. The van der Waals surface area contributed by atoms with Crippen LogP contribution in [-0.2, 0) is 4.75 Å². The molecular formula is C9H14N4S. The summed E-state index contributed by atoms with van der Waals surface area (Å²) in [5.74, 6) is 8.08. The number of nitrogens with two attached hydrogens (primary N) is 1. The van der Waals surface area contributed by atoms with Crippen LogP contribution in [0.5, 0.6) is 0 Å². The molecule has 3 N–H and O–H groups in total. The van der Waals surface area contributed by atoms with Gasteiger partial charge in [0, 0.05) is 12.3 Å². The number of rotatable bonds is 2. The highest BCUT2D eigenvalue weighted by atomic mass is 32.2. The Morgan fingerprint density at radius 3 is 3.14 bits per heavy atom. The topological polar surface area (TPSA) is 63.8 Å². The molecule has 2 rings (SSSR count). The van der Waals surface area contributed by atoms with E-state index in [1.165, 1.54) is 12.2 Å². The SMILES string of the molecule is CC1(c2nccc(NN)n2)CCCS1. The lowest BCUT2D eigenvalue weighted by Gasteiger charge is -2.20. The normalized spacial score (nSPS) is 26.4. The van der Waals surface area contributed by atoms with Crippen LogP contribution in [0.15, 0.2) is 12.3 Å². The highest BCUT2D eigenvalue weighted by Crippen LogP contribution is 2.44. The standard InChI is InChI=1S/C9H14N4S/c1-9(4-2-6-14-9)8-11-5-3-7(12-8)13-10/h3,5H,2,4,6,10H2,1H3,(H,11,12,13). The molecule has 0 amide bonds. The maximum Gasteiger partial charge on any atom is 0.146 e. The Morgan fingerprint density at radius 1 is 1.64 bits per heavy atom. The number of aromatic nitrogens is 2. The van der Waals surface area contributed by atoms with Crippen LogP contribution in [0.3, 0.4) is 0 Å². The predicted molar refractivity (Wildman–Crippen MR) is 58.9 cm³/mol. The second-order valence-electron chi connectivity index (χ2n) is 3.59. The molecule has 2 heterocycles. The van der Waals surface area contributed by atoms with E-state index in [-0.39, 0.29) is 4.75 Å². The van der Waals surface area contributed by atoms with E-state index in [2.05, 4.69) is 22.3 Å². The molecule has 1 unspecified atom stereocenters. The quantitative estimate of drug-likeness (QED) is 0.572. The van der Waals surface area contributed by atoms with Gasteiger partial charge in [-0.25, -0.2) is 15.8 Å². The van der Waals surface area contributed by atoms with Gasteiger partial charge in [0.25, 0.3) is 0 Å². The molecule has 1 atom stereocenters. The lowest BCUT2D eigenvalue weighted by molar-refractivity contribution is 0.605. The number of nitrogens with one attached hydrogen (secondary N) is 1. The Kier molecular flexibility index (Phi) is 2.60. The number of hydrogen-bond acceptors (Lipinski definition) is 5. The number of hydrazine groups is 1. The minimum absolute atomic E-state index is 0.0763. The molecule has 0 radical (unpaired) electrons. The Labute approximate surface area is 87.7 Å². The van der Waals surface area contributed by atoms with Crippen LogP contribution in [0.2, 0.25) is 0 Å². The van der Waals surface area contributed by atoms with Gasteiger partial charge in [-0.3, -0.25) is 0 Å². The van der Waals surface area contributed by atoms with Gasteiger partial charge in [-0.2, -0.15) is 0 Å². The molecule has 4 nitrogen and oxygen atoms in total. The van der Waals surface area contributed by atoms with Crippen molar-refractivity contribution in [3.05, 3.63) is 18.1 Å². The van der Waals surface area contributed by atoms with Crippen molar-refractivity contribution in [3.8, 4) is 0 Å². The summed E-state index contributed by atoms with van der Waals surface area (Å²) in [6.07, 6.45) is 4.14. The van der Waals surface area contributed by atoms with E-state index in [0.29, 0.717) is 5.82 Å². The molecule has 14 heavy (non-hydrogen) atoms. The van der Waals surface area contributed by atoms with Gasteiger partial charge in [0.1, 0.15) is 11.6 Å². The van der Waals surface area contributed by atoms with E-state index in [9.17, 15) is 0 Å². The Bertz CT molecular complexity index is 322. The van der Waals surface area contributed by atoms with Crippen molar-refractivity contribution in [2.24, 2.45) is 5.84 Å². The number of nitrogen functional groups attached to an aromatic ring is 1. The first kappa shape index (κ1) is 9.73. The zero-order valence-electron chi connectivity index (χ0n) is 8.16. The fourth-order valence-electron chi connectivity index (χ4n) is 1.65. The van der Waals surface area contributed by atoms with Gasteiger partial charge >= 0.3 is 0 Å². The molecule has 0 bridgehead atoms. The monoisotopic (exact) mass is 210 g/mol. The van der Waals surface area contributed by atoms with Crippen molar-refractivity contribution in [1.82, 2.24) is 9.97 Å². The van der Waals surface area contributed by atoms with Gasteiger partial charge in [0.2, 0.25) is 0 Å². The number of hydrogen-bond donors (Lipinski definition) is 2. The van der Waals surface area contributed by atoms with Gasteiger partial charge in [0.15, 0.2) is 0 Å². The molecule has 0 aromatic carbocycles. The van der Waals surface area contributed by atoms with Crippen LogP contribution in [-0.4, -0.2) is 15.7 Å². The zero-order chi connectivity index (χ0) is 10.0. The molecule has 0 aliphatic carbocycles.